The molecule has 30 heavy (non-hydrogen) atoms. The van der Waals surface area contributed by atoms with E-state index in [1.165, 1.54) is 12.8 Å². The van der Waals surface area contributed by atoms with Crippen molar-refractivity contribution in [2.24, 2.45) is 0 Å². The molecule has 0 spiro atoms. The third kappa shape index (κ3) is 4.35. The Bertz CT molecular complexity index is 1020. The van der Waals surface area contributed by atoms with Gasteiger partial charge >= 0.3 is 0 Å². The molecule has 0 unspecified atom stereocenters. The Morgan fingerprint density at radius 2 is 1.70 bits per heavy atom. The van der Waals surface area contributed by atoms with Gasteiger partial charge in [0.1, 0.15) is 12.4 Å². The molecule has 1 fully saturated rings. The van der Waals surface area contributed by atoms with Crippen molar-refractivity contribution in [3.05, 3.63) is 60.2 Å². The van der Waals surface area contributed by atoms with E-state index in [4.69, 9.17) is 4.98 Å². The van der Waals surface area contributed by atoms with Gasteiger partial charge in [-0.3, -0.25) is 14.6 Å². The van der Waals surface area contributed by atoms with Gasteiger partial charge in [0, 0.05) is 38.1 Å². The number of hydrogen-bond donors (Lipinski definition) is 0. The number of benzene rings is 1. The largest absolute Gasteiger partial charge is 0.341 e. The molecule has 3 aromatic rings. The maximum atomic E-state index is 13.0. The highest BCUT2D eigenvalue weighted by Crippen LogP contribution is 2.19. The summed E-state index contributed by atoms with van der Waals surface area (Å²) in [6.45, 7) is 2.21. The van der Waals surface area contributed by atoms with Crippen LogP contribution in [0.3, 0.4) is 0 Å². The van der Waals surface area contributed by atoms with Gasteiger partial charge in [0.05, 0.1) is 17.6 Å². The van der Waals surface area contributed by atoms with Gasteiger partial charge in [-0.15, -0.1) is 0 Å². The summed E-state index contributed by atoms with van der Waals surface area (Å²) in [5, 5.41) is 0. The van der Waals surface area contributed by atoms with Crippen molar-refractivity contribution in [1.82, 2.24) is 24.3 Å². The molecule has 0 radical (unpaired) electrons. The Hall–Kier alpha value is -3.22. The van der Waals surface area contributed by atoms with E-state index in [1.54, 1.807) is 36.5 Å². The van der Waals surface area contributed by atoms with Gasteiger partial charge in [0.15, 0.2) is 0 Å². The van der Waals surface area contributed by atoms with Gasteiger partial charge in [-0.1, -0.05) is 25.0 Å². The minimum atomic E-state index is -0.102. The molecule has 1 aromatic carbocycles. The van der Waals surface area contributed by atoms with Crippen LogP contribution in [-0.4, -0.2) is 56.3 Å². The van der Waals surface area contributed by atoms with Crippen LogP contribution in [0, 0.1) is 0 Å². The molecule has 0 saturated carbocycles. The second-order valence-electron chi connectivity index (χ2n) is 7.79. The third-order valence-corrected chi connectivity index (χ3v) is 5.64. The van der Waals surface area contributed by atoms with Gasteiger partial charge in [0.2, 0.25) is 5.91 Å². The van der Waals surface area contributed by atoms with Crippen molar-refractivity contribution in [3.8, 4) is 0 Å². The molecule has 0 bridgehead atoms. The molecule has 1 aliphatic heterocycles. The number of aromatic nitrogens is 3. The van der Waals surface area contributed by atoms with E-state index in [1.807, 2.05) is 33.7 Å². The van der Waals surface area contributed by atoms with Crippen molar-refractivity contribution in [2.45, 2.75) is 38.8 Å². The zero-order valence-corrected chi connectivity index (χ0v) is 17.3. The van der Waals surface area contributed by atoms with Crippen molar-refractivity contribution in [1.29, 1.82) is 0 Å². The topological polar surface area (TPSA) is 71.3 Å². The summed E-state index contributed by atoms with van der Waals surface area (Å²) in [6.07, 6.45) is 7.71. The Labute approximate surface area is 176 Å². The first kappa shape index (κ1) is 20.1. The highest BCUT2D eigenvalue weighted by molar-refractivity contribution is 5.93. The molecule has 1 saturated heterocycles. The number of fused-ring (bicyclic) bond motifs is 1. The van der Waals surface area contributed by atoms with Crippen LogP contribution in [0.15, 0.2) is 48.8 Å². The van der Waals surface area contributed by atoms with Crippen LogP contribution in [0.4, 0.5) is 0 Å². The molecule has 2 aromatic heterocycles. The van der Waals surface area contributed by atoms with E-state index in [0.717, 1.165) is 37.0 Å². The fourth-order valence-corrected chi connectivity index (χ4v) is 3.98. The van der Waals surface area contributed by atoms with Crippen LogP contribution in [0.5, 0.6) is 0 Å². The molecule has 0 aliphatic carbocycles. The maximum Gasteiger partial charge on any atom is 0.254 e. The molecule has 1 aliphatic rings. The molecule has 3 heterocycles. The van der Waals surface area contributed by atoms with E-state index in [-0.39, 0.29) is 18.4 Å². The molecular formula is C23H27N5O2. The van der Waals surface area contributed by atoms with E-state index < -0.39 is 0 Å². The lowest BCUT2D eigenvalue weighted by atomic mass is 10.2. The zero-order valence-electron chi connectivity index (χ0n) is 17.3. The number of carbonyl (C=O) groups excluding carboxylic acids is 2. The number of carbonyl (C=O) groups is 2. The van der Waals surface area contributed by atoms with Crippen molar-refractivity contribution in [2.75, 3.05) is 20.1 Å². The van der Waals surface area contributed by atoms with Gasteiger partial charge in [-0.05, 0) is 37.1 Å². The summed E-state index contributed by atoms with van der Waals surface area (Å²) in [5.74, 6) is 0.726. The first-order valence-electron chi connectivity index (χ1n) is 10.5. The molecule has 7 heteroatoms. The number of hydrogen-bond acceptors (Lipinski definition) is 4. The summed E-state index contributed by atoms with van der Waals surface area (Å²) in [4.78, 5) is 38.1. The van der Waals surface area contributed by atoms with E-state index in [9.17, 15) is 9.59 Å². The number of para-hydroxylation sites is 2. The fourth-order valence-electron chi connectivity index (χ4n) is 3.98. The summed E-state index contributed by atoms with van der Waals surface area (Å²) in [7, 11) is 1.75. The van der Waals surface area contributed by atoms with Crippen LogP contribution in [0.1, 0.15) is 41.9 Å². The Morgan fingerprint density at radius 3 is 2.43 bits per heavy atom. The Kier molecular flexibility index (Phi) is 6.07. The molecule has 2 amide bonds. The molecule has 0 N–H and O–H groups in total. The summed E-state index contributed by atoms with van der Waals surface area (Å²) >= 11 is 0. The lowest BCUT2D eigenvalue weighted by molar-refractivity contribution is -0.131. The fraction of sp³-hybridized carbons (Fsp3) is 0.391. The monoisotopic (exact) mass is 405 g/mol. The van der Waals surface area contributed by atoms with E-state index in [2.05, 4.69) is 4.98 Å². The molecule has 7 nitrogen and oxygen atoms in total. The normalized spacial score (nSPS) is 14.5. The summed E-state index contributed by atoms with van der Waals surface area (Å²) < 4.78 is 1.96. The minimum absolute atomic E-state index is 0.102. The van der Waals surface area contributed by atoms with E-state index >= 15 is 0 Å². The van der Waals surface area contributed by atoms with Gasteiger partial charge in [0.25, 0.3) is 5.91 Å². The second-order valence-corrected chi connectivity index (χ2v) is 7.79. The van der Waals surface area contributed by atoms with Crippen LogP contribution in [0.2, 0.25) is 0 Å². The highest BCUT2D eigenvalue weighted by Gasteiger charge is 2.21. The lowest BCUT2D eigenvalue weighted by Crippen LogP contribution is -2.35. The average Bonchev–Trinajstić information content (AvgIpc) is 2.94. The smallest absolute Gasteiger partial charge is 0.254 e. The van der Waals surface area contributed by atoms with Crippen LogP contribution >= 0.6 is 0 Å². The maximum absolute atomic E-state index is 13.0. The summed E-state index contributed by atoms with van der Waals surface area (Å²) in [5.41, 5.74) is 2.33. The molecular weight excluding hydrogens is 378 g/mol. The quantitative estimate of drug-likeness (QED) is 0.654. The lowest BCUT2D eigenvalue weighted by Gasteiger charge is -2.22. The number of pyridine rings is 1. The zero-order chi connectivity index (χ0) is 20.9. The molecule has 4 rings (SSSR count). The Balaban J connectivity index is 1.58. The van der Waals surface area contributed by atoms with Crippen molar-refractivity contribution >= 4 is 22.8 Å². The van der Waals surface area contributed by atoms with Crippen molar-refractivity contribution < 1.29 is 9.59 Å². The number of imidazole rings is 1. The van der Waals surface area contributed by atoms with Gasteiger partial charge in [-0.2, -0.15) is 0 Å². The summed E-state index contributed by atoms with van der Waals surface area (Å²) in [6, 6.07) is 11.2. The minimum Gasteiger partial charge on any atom is -0.341 e. The third-order valence-electron chi connectivity index (χ3n) is 5.64. The number of rotatable bonds is 5. The van der Waals surface area contributed by atoms with Gasteiger partial charge < -0.3 is 14.4 Å². The number of likely N-dealkylation sites (tertiary alicyclic amines) is 1. The van der Waals surface area contributed by atoms with Gasteiger partial charge in [-0.25, -0.2) is 4.98 Å². The number of amides is 2. The average molecular weight is 406 g/mol. The Morgan fingerprint density at radius 1 is 1.00 bits per heavy atom. The second kappa shape index (κ2) is 9.07. The molecule has 156 valence electrons. The van der Waals surface area contributed by atoms with E-state index in [0.29, 0.717) is 17.9 Å². The predicted octanol–water partition coefficient (Wildman–Crippen LogP) is 3.11. The van der Waals surface area contributed by atoms with Crippen LogP contribution < -0.4 is 0 Å². The van der Waals surface area contributed by atoms with Crippen LogP contribution in [-0.2, 0) is 17.9 Å². The predicted molar refractivity (Wildman–Crippen MR) is 115 cm³/mol. The van der Waals surface area contributed by atoms with Crippen LogP contribution in [0.25, 0.3) is 11.0 Å². The first-order valence-corrected chi connectivity index (χ1v) is 10.5. The highest BCUT2D eigenvalue weighted by atomic mass is 16.2. The van der Waals surface area contributed by atoms with Crippen molar-refractivity contribution in [3.63, 3.8) is 0 Å². The molecule has 0 atom stereocenters. The SMILES string of the molecule is CN(Cc1nc2ccccc2n1CC(=O)N1CCCCCC1)C(=O)c1ccncc1. The number of nitrogens with zero attached hydrogens (tertiary/aromatic N) is 5. The standard InChI is InChI=1S/C23H27N5O2/c1-26(23(30)18-10-12-24-13-11-18)16-21-25-19-8-4-5-9-20(19)28(21)17-22(29)27-14-6-2-3-7-15-27/h4-5,8-13H,2-3,6-7,14-17H2,1H3. The first-order chi connectivity index (χ1) is 14.6.